The van der Waals surface area contributed by atoms with Gasteiger partial charge in [-0.15, -0.1) is 22.7 Å². The van der Waals surface area contributed by atoms with Crippen molar-refractivity contribution in [2.45, 2.75) is 11.2 Å². The lowest BCUT2D eigenvalue weighted by molar-refractivity contribution is -0.384. The highest BCUT2D eigenvalue weighted by atomic mass is 79.9. The molecular formula is C14H10BrNO2S2. The largest absolute Gasteiger partial charge is 0.269 e. The minimum Gasteiger partial charge on any atom is -0.258 e. The first-order valence-electron chi connectivity index (χ1n) is 5.98. The number of nitro groups is 1. The van der Waals surface area contributed by atoms with Crippen LogP contribution >= 0.6 is 38.6 Å². The van der Waals surface area contributed by atoms with E-state index in [0.717, 1.165) is 12.0 Å². The van der Waals surface area contributed by atoms with Gasteiger partial charge in [0, 0.05) is 26.4 Å². The zero-order valence-corrected chi connectivity index (χ0v) is 13.5. The number of hydrogen-bond donors (Lipinski definition) is 0. The molecule has 0 aliphatic carbocycles. The summed E-state index contributed by atoms with van der Waals surface area (Å²) < 4.78 is 2.64. The molecule has 6 heteroatoms. The maximum absolute atomic E-state index is 10.6. The standard InChI is InChI=1S/C14H10BrNO2S2/c15-11(13-8-14-12(20-13)5-6-19-14)7-9-1-3-10(4-2-9)16(17)18/h1-6,8,11H,7H2. The Balaban J connectivity index is 1.76. The summed E-state index contributed by atoms with van der Waals surface area (Å²) in [5, 5.41) is 12.7. The molecule has 0 aliphatic rings. The summed E-state index contributed by atoms with van der Waals surface area (Å²) in [7, 11) is 0. The summed E-state index contributed by atoms with van der Waals surface area (Å²) in [5.74, 6) is 0. The van der Waals surface area contributed by atoms with E-state index in [1.807, 2.05) is 12.1 Å². The number of nitro benzene ring substituents is 1. The van der Waals surface area contributed by atoms with Gasteiger partial charge in [-0.3, -0.25) is 10.1 Å². The van der Waals surface area contributed by atoms with Crippen molar-refractivity contribution in [2.75, 3.05) is 0 Å². The number of thiophene rings is 2. The second-order valence-corrected chi connectivity index (χ2v) is 7.56. The maximum Gasteiger partial charge on any atom is 0.269 e. The van der Waals surface area contributed by atoms with Crippen molar-refractivity contribution in [2.24, 2.45) is 0 Å². The number of alkyl halides is 1. The van der Waals surface area contributed by atoms with Gasteiger partial charge in [0.15, 0.2) is 0 Å². The summed E-state index contributed by atoms with van der Waals surface area (Å²) in [6.07, 6.45) is 0.825. The van der Waals surface area contributed by atoms with Crippen molar-refractivity contribution in [3.05, 3.63) is 62.3 Å². The van der Waals surface area contributed by atoms with Gasteiger partial charge < -0.3 is 0 Å². The first kappa shape index (κ1) is 13.7. The Labute approximate surface area is 132 Å². The highest BCUT2D eigenvalue weighted by Gasteiger charge is 2.13. The van der Waals surface area contributed by atoms with Crippen LogP contribution in [0.25, 0.3) is 9.40 Å². The average molecular weight is 368 g/mol. The lowest BCUT2D eigenvalue weighted by Gasteiger charge is -2.07. The lowest BCUT2D eigenvalue weighted by Crippen LogP contribution is -1.94. The monoisotopic (exact) mass is 367 g/mol. The fraction of sp³-hybridized carbons (Fsp3) is 0.143. The molecule has 0 bridgehead atoms. The summed E-state index contributed by atoms with van der Waals surface area (Å²) in [6.45, 7) is 0. The third-order valence-electron chi connectivity index (χ3n) is 3.03. The van der Waals surface area contributed by atoms with Crippen molar-refractivity contribution in [3.8, 4) is 0 Å². The molecule has 2 heterocycles. The fourth-order valence-corrected chi connectivity index (χ4v) is 4.88. The van der Waals surface area contributed by atoms with Crippen molar-refractivity contribution in [1.82, 2.24) is 0 Å². The summed E-state index contributed by atoms with van der Waals surface area (Å²) >= 11 is 7.26. The fourth-order valence-electron chi connectivity index (χ4n) is 2.00. The molecule has 0 aliphatic heterocycles. The van der Waals surface area contributed by atoms with E-state index in [2.05, 4.69) is 33.4 Å². The molecule has 0 radical (unpaired) electrons. The Morgan fingerprint density at radius 2 is 1.95 bits per heavy atom. The van der Waals surface area contributed by atoms with E-state index in [4.69, 9.17) is 0 Å². The highest BCUT2D eigenvalue weighted by molar-refractivity contribution is 9.09. The van der Waals surface area contributed by atoms with Crippen molar-refractivity contribution in [1.29, 1.82) is 0 Å². The van der Waals surface area contributed by atoms with E-state index in [0.29, 0.717) is 0 Å². The number of fused-ring (bicyclic) bond motifs is 1. The number of rotatable bonds is 4. The van der Waals surface area contributed by atoms with Gasteiger partial charge in [0.2, 0.25) is 0 Å². The van der Waals surface area contributed by atoms with E-state index in [9.17, 15) is 10.1 Å². The molecule has 1 unspecified atom stereocenters. The molecule has 1 aromatic carbocycles. The van der Waals surface area contributed by atoms with Gasteiger partial charge in [-0.25, -0.2) is 0 Å². The van der Waals surface area contributed by atoms with Crippen LogP contribution in [0.15, 0.2) is 41.8 Å². The molecule has 102 valence electrons. The SMILES string of the molecule is O=[N+]([O-])c1ccc(CC(Br)c2cc3sccc3s2)cc1. The van der Waals surface area contributed by atoms with Gasteiger partial charge >= 0.3 is 0 Å². The predicted molar refractivity (Wildman–Crippen MR) is 88.2 cm³/mol. The molecule has 0 fully saturated rings. The van der Waals surface area contributed by atoms with Crippen LogP contribution in [0.3, 0.4) is 0 Å². The first-order valence-corrected chi connectivity index (χ1v) is 8.59. The van der Waals surface area contributed by atoms with Gasteiger partial charge in [-0.2, -0.15) is 0 Å². The Hall–Kier alpha value is -1.24. The third-order valence-corrected chi connectivity index (χ3v) is 6.36. The molecule has 0 spiro atoms. The molecule has 0 saturated carbocycles. The van der Waals surface area contributed by atoms with Crippen molar-refractivity contribution >= 4 is 53.7 Å². The van der Waals surface area contributed by atoms with Gasteiger partial charge in [-0.1, -0.05) is 28.1 Å². The van der Waals surface area contributed by atoms with Gasteiger partial charge in [0.05, 0.1) is 9.75 Å². The van der Waals surface area contributed by atoms with Gasteiger partial charge in [0.25, 0.3) is 5.69 Å². The quantitative estimate of drug-likeness (QED) is 0.344. The normalized spacial score (nSPS) is 12.7. The van der Waals surface area contributed by atoms with Gasteiger partial charge in [0.1, 0.15) is 0 Å². The van der Waals surface area contributed by atoms with E-state index in [1.54, 1.807) is 34.8 Å². The smallest absolute Gasteiger partial charge is 0.258 e. The Morgan fingerprint density at radius 1 is 1.20 bits per heavy atom. The zero-order chi connectivity index (χ0) is 14.1. The maximum atomic E-state index is 10.6. The van der Waals surface area contributed by atoms with Crippen molar-refractivity contribution in [3.63, 3.8) is 0 Å². The Bertz CT molecular complexity index is 719. The highest BCUT2D eigenvalue weighted by Crippen LogP contribution is 2.38. The van der Waals surface area contributed by atoms with E-state index in [1.165, 1.54) is 14.3 Å². The predicted octanol–water partition coefficient (Wildman–Crippen LogP) is 5.55. The van der Waals surface area contributed by atoms with Crippen LogP contribution in [-0.2, 0) is 6.42 Å². The van der Waals surface area contributed by atoms with E-state index < -0.39 is 0 Å². The molecule has 3 nitrogen and oxygen atoms in total. The van der Waals surface area contributed by atoms with Crippen LogP contribution in [0.1, 0.15) is 15.3 Å². The average Bonchev–Trinajstić information content (AvgIpc) is 2.99. The molecule has 3 aromatic rings. The zero-order valence-electron chi connectivity index (χ0n) is 10.3. The minimum absolute atomic E-state index is 0.136. The second kappa shape index (κ2) is 5.63. The minimum atomic E-state index is -0.372. The number of non-ortho nitro benzene ring substituents is 1. The molecule has 0 amide bonds. The molecule has 0 saturated heterocycles. The third kappa shape index (κ3) is 2.77. The summed E-state index contributed by atoms with van der Waals surface area (Å²) in [5.41, 5.74) is 1.23. The van der Waals surface area contributed by atoms with Crippen LogP contribution in [0.4, 0.5) is 5.69 Å². The van der Waals surface area contributed by atoms with Crippen LogP contribution < -0.4 is 0 Å². The van der Waals surface area contributed by atoms with Gasteiger partial charge in [-0.05, 0) is 29.5 Å². The number of hydrogen-bond acceptors (Lipinski definition) is 4. The topological polar surface area (TPSA) is 43.1 Å². The first-order chi connectivity index (χ1) is 9.63. The summed E-state index contributed by atoms with van der Waals surface area (Å²) in [4.78, 5) is 11.8. The van der Waals surface area contributed by atoms with E-state index in [-0.39, 0.29) is 15.4 Å². The van der Waals surface area contributed by atoms with Crippen molar-refractivity contribution < 1.29 is 4.92 Å². The van der Waals surface area contributed by atoms with E-state index >= 15 is 0 Å². The Kier molecular flexibility index (Phi) is 3.87. The number of nitrogens with zero attached hydrogens (tertiary/aromatic N) is 1. The second-order valence-electron chi connectivity index (χ2n) is 4.39. The van der Waals surface area contributed by atoms with Crippen LogP contribution in [0.5, 0.6) is 0 Å². The van der Waals surface area contributed by atoms with Crippen LogP contribution in [0, 0.1) is 10.1 Å². The Morgan fingerprint density at radius 3 is 2.60 bits per heavy atom. The molecule has 3 rings (SSSR count). The molecule has 20 heavy (non-hydrogen) atoms. The molecular weight excluding hydrogens is 358 g/mol. The van der Waals surface area contributed by atoms with Crippen LogP contribution in [-0.4, -0.2) is 4.92 Å². The summed E-state index contributed by atoms with van der Waals surface area (Å²) in [6, 6.07) is 11.1. The number of halogens is 1. The molecule has 1 atom stereocenters. The molecule has 2 aromatic heterocycles. The van der Waals surface area contributed by atoms with Crippen LogP contribution in [0.2, 0.25) is 0 Å². The lowest BCUT2D eigenvalue weighted by atomic mass is 10.1. The number of benzene rings is 1. The molecule has 0 N–H and O–H groups in total.